The molecule has 3 nitrogen and oxygen atoms in total. The minimum Gasteiger partial charge on any atom is -0.314 e. The first-order chi connectivity index (χ1) is 8.20. The second-order valence-electron chi connectivity index (χ2n) is 5.10. The lowest BCUT2D eigenvalue weighted by Gasteiger charge is -2.22. The highest BCUT2D eigenvalue weighted by Gasteiger charge is 2.02. The van der Waals surface area contributed by atoms with Gasteiger partial charge in [0.1, 0.15) is 0 Å². The summed E-state index contributed by atoms with van der Waals surface area (Å²) in [5.41, 5.74) is 0. The van der Waals surface area contributed by atoms with Gasteiger partial charge in [0.15, 0.2) is 0 Å². The van der Waals surface area contributed by atoms with E-state index in [1.54, 1.807) is 0 Å². The van der Waals surface area contributed by atoms with Crippen molar-refractivity contribution in [2.75, 3.05) is 53.4 Å². The molecule has 17 heavy (non-hydrogen) atoms. The van der Waals surface area contributed by atoms with Crippen LogP contribution in [0.5, 0.6) is 0 Å². The number of rotatable bonds is 12. The summed E-state index contributed by atoms with van der Waals surface area (Å²) >= 11 is 0. The smallest absolute Gasteiger partial charge is 0.0107 e. The maximum Gasteiger partial charge on any atom is 0.0107 e. The van der Waals surface area contributed by atoms with E-state index >= 15 is 0 Å². The zero-order chi connectivity index (χ0) is 12.9. The topological polar surface area (TPSA) is 18.5 Å². The fourth-order valence-electron chi connectivity index (χ4n) is 1.76. The molecule has 0 saturated carbocycles. The van der Waals surface area contributed by atoms with Crippen molar-refractivity contribution >= 4 is 0 Å². The summed E-state index contributed by atoms with van der Waals surface area (Å²) in [5.74, 6) is 0. The van der Waals surface area contributed by atoms with Crippen LogP contribution in [0, 0.1) is 0 Å². The van der Waals surface area contributed by atoms with Crippen LogP contribution in [0.1, 0.15) is 39.5 Å². The van der Waals surface area contributed by atoms with Gasteiger partial charge in [0.25, 0.3) is 0 Å². The number of likely N-dealkylation sites (N-methyl/N-ethyl adjacent to an activating group) is 1. The zero-order valence-corrected chi connectivity index (χ0v) is 12.5. The van der Waals surface area contributed by atoms with Crippen LogP contribution in [0.15, 0.2) is 0 Å². The molecule has 0 amide bonds. The van der Waals surface area contributed by atoms with E-state index in [9.17, 15) is 0 Å². The van der Waals surface area contributed by atoms with Crippen molar-refractivity contribution in [3.05, 3.63) is 0 Å². The molecule has 104 valence electrons. The molecule has 0 aromatic carbocycles. The Hall–Kier alpha value is -0.120. The van der Waals surface area contributed by atoms with Crippen LogP contribution in [0.4, 0.5) is 0 Å². The predicted molar refractivity (Wildman–Crippen MR) is 77.7 cm³/mol. The number of hydrogen-bond acceptors (Lipinski definition) is 3. The molecule has 0 aliphatic carbocycles. The van der Waals surface area contributed by atoms with Crippen LogP contribution >= 0.6 is 0 Å². The summed E-state index contributed by atoms with van der Waals surface area (Å²) in [6.45, 7) is 11.6. The molecule has 0 aliphatic heterocycles. The Morgan fingerprint density at radius 3 is 1.76 bits per heavy atom. The van der Waals surface area contributed by atoms with Crippen molar-refractivity contribution in [2.45, 2.75) is 39.5 Å². The van der Waals surface area contributed by atoms with E-state index in [0.29, 0.717) is 0 Å². The Morgan fingerprint density at radius 2 is 1.29 bits per heavy atom. The van der Waals surface area contributed by atoms with Gasteiger partial charge in [0.05, 0.1) is 0 Å². The molecule has 0 rings (SSSR count). The molecule has 0 spiro atoms. The molecule has 0 saturated heterocycles. The maximum absolute atomic E-state index is 3.52. The van der Waals surface area contributed by atoms with Gasteiger partial charge in [-0.25, -0.2) is 0 Å². The minimum absolute atomic E-state index is 1.10. The minimum atomic E-state index is 1.10. The third-order valence-electron chi connectivity index (χ3n) is 3.00. The molecule has 0 aromatic heterocycles. The van der Waals surface area contributed by atoms with Gasteiger partial charge in [-0.15, -0.1) is 0 Å². The molecule has 0 unspecified atom stereocenters. The highest BCUT2D eigenvalue weighted by atomic mass is 15.1. The van der Waals surface area contributed by atoms with Crippen LogP contribution < -0.4 is 5.32 Å². The second-order valence-corrected chi connectivity index (χ2v) is 5.10. The van der Waals surface area contributed by atoms with Gasteiger partial charge < -0.3 is 15.1 Å². The third-order valence-corrected chi connectivity index (χ3v) is 3.00. The van der Waals surface area contributed by atoms with Crippen LogP contribution in [0.3, 0.4) is 0 Å². The van der Waals surface area contributed by atoms with Crippen molar-refractivity contribution in [2.24, 2.45) is 0 Å². The van der Waals surface area contributed by atoms with E-state index < -0.39 is 0 Å². The van der Waals surface area contributed by atoms with Gasteiger partial charge in [-0.3, -0.25) is 0 Å². The molecule has 0 bridgehead atoms. The Morgan fingerprint density at radius 1 is 0.765 bits per heavy atom. The Bertz CT molecular complexity index is 140. The first kappa shape index (κ1) is 16.9. The van der Waals surface area contributed by atoms with E-state index in [2.05, 4.69) is 43.1 Å². The zero-order valence-electron chi connectivity index (χ0n) is 12.5. The maximum atomic E-state index is 3.52. The summed E-state index contributed by atoms with van der Waals surface area (Å²) in [7, 11) is 4.24. The fraction of sp³-hybridized carbons (Fsp3) is 1.00. The fourth-order valence-corrected chi connectivity index (χ4v) is 1.76. The Kier molecular flexibility index (Phi) is 12.3. The van der Waals surface area contributed by atoms with E-state index in [1.807, 2.05) is 0 Å². The quantitative estimate of drug-likeness (QED) is 0.529. The van der Waals surface area contributed by atoms with Gasteiger partial charge >= 0.3 is 0 Å². The number of unbranched alkanes of at least 4 members (excludes halogenated alkanes) is 2. The van der Waals surface area contributed by atoms with Crippen LogP contribution in [0.25, 0.3) is 0 Å². The van der Waals surface area contributed by atoms with Crippen molar-refractivity contribution in [1.29, 1.82) is 0 Å². The molecule has 0 heterocycles. The van der Waals surface area contributed by atoms with Gasteiger partial charge in [0.2, 0.25) is 0 Å². The average molecular weight is 243 g/mol. The van der Waals surface area contributed by atoms with Gasteiger partial charge in [-0.05, 0) is 40.0 Å². The van der Waals surface area contributed by atoms with Crippen LogP contribution in [-0.4, -0.2) is 63.2 Å². The lowest BCUT2D eigenvalue weighted by Crippen LogP contribution is -2.36. The molecule has 0 atom stereocenters. The summed E-state index contributed by atoms with van der Waals surface area (Å²) in [6, 6.07) is 0. The summed E-state index contributed by atoms with van der Waals surface area (Å²) < 4.78 is 0. The number of hydrogen-bond donors (Lipinski definition) is 1. The van der Waals surface area contributed by atoms with Crippen molar-refractivity contribution < 1.29 is 0 Å². The summed E-state index contributed by atoms with van der Waals surface area (Å²) in [6.07, 6.45) is 5.27. The van der Waals surface area contributed by atoms with E-state index in [1.165, 1.54) is 45.3 Å². The van der Waals surface area contributed by atoms with E-state index in [0.717, 1.165) is 19.6 Å². The monoisotopic (exact) mass is 243 g/mol. The largest absolute Gasteiger partial charge is 0.314 e. The van der Waals surface area contributed by atoms with Gasteiger partial charge in [-0.2, -0.15) is 0 Å². The van der Waals surface area contributed by atoms with Gasteiger partial charge in [0, 0.05) is 26.2 Å². The van der Waals surface area contributed by atoms with Crippen molar-refractivity contribution in [3.63, 3.8) is 0 Å². The van der Waals surface area contributed by atoms with E-state index in [-0.39, 0.29) is 0 Å². The number of nitrogens with zero attached hydrogens (tertiary/aromatic N) is 2. The van der Waals surface area contributed by atoms with Crippen LogP contribution in [0.2, 0.25) is 0 Å². The average Bonchev–Trinajstić information content (AvgIpc) is 2.30. The molecule has 0 radical (unpaired) electrons. The normalized spacial score (nSPS) is 11.6. The van der Waals surface area contributed by atoms with Crippen molar-refractivity contribution in [1.82, 2.24) is 15.1 Å². The van der Waals surface area contributed by atoms with Crippen LogP contribution in [-0.2, 0) is 0 Å². The molecule has 3 heteroatoms. The molecule has 0 fully saturated rings. The lowest BCUT2D eigenvalue weighted by atomic mass is 10.2. The Labute approximate surface area is 109 Å². The Balaban J connectivity index is 3.52. The molecule has 0 aliphatic rings. The number of nitrogens with one attached hydrogen (secondary N) is 1. The first-order valence-electron chi connectivity index (χ1n) is 7.28. The van der Waals surface area contributed by atoms with E-state index in [4.69, 9.17) is 0 Å². The molecule has 1 N–H and O–H groups in total. The lowest BCUT2D eigenvalue weighted by molar-refractivity contribution is 0.263. The van der Waals surface area contributed by atoms with Crippen molar-refractivity contribution in [3.8, 4) is 0 Å². The molecular formula is C14H33N3. The summed E-state index contributed by atoms with van der Waals surface area (Å²) in [5, 5.41) is 3.52. The third kappa shape index (κ3) is 12.1. The van der Waals surface area contributed by atoms with Gasteiger partial charge in [-0.1, -0.05) is 26.7 Å². The standard InChI is InChI=1S/C14H33N3/c1-5-7-11-17(12-8-6-2)14-10-15-9-13-16(3)4/h15H,5-14H2,1-4H3. The predicted octanol–water partition coefficient (Wildman–Crippen LogP) is 2.04. The second kappa shape index (κ2) is 12.3. The summed E-state index contributed by atoms with van der Waals surface area (Å²) in [4.78, 5) is 4.83. The highest BCUT2D eigenvalue weighted by Crippen LogP contribution is 1.98. The first-order valence-corrected chi connectivity index (χ1v) is 7.28. The molecule has 0 aromatic rings. The highest BCUT2D eigenvalue weighted by molar-refractivity contribution is 4.60. The SMILES string of the molecule is CCCCN(CCCC)CCNCCN(C)C. The molecular weight excluding hydrogens is 210 g/mol.